The van der Waals surface area contributed by atoms with Gasteiger partial charge in [-0.2, -0.15) is 26.3 Å². The van der Waals surface area contributed by atoms with Crippen LogP contribution in [0.5, 0.6) is 0 Å². The Hall–Kier alpha value is -7.52. The molecule has 0 spiro atoms. The van der Waals surface area contributed by atoms with Gasteiger partial charge in [-0.3, -0.25) is 9.59 Å². The second-order valence-corrected chi connectivity index (χ2v) is 17.4. The molecule has 0 saturated carbocycles. The van der Waals surface area contributed by atoms with Gasteiger partial charge in [0.1, 0.15) is 33.8 Å². The highest BCUT2D eigenvalue weighted by Crippen LogP contribution is 2.65. The molecule has 2 heterocycles. The third kappa shape index (κ3) is 9.58. The van der Waals surface area contributed by atoms with Crippen LogP contribution in [0.2, 0.25) is 0 Å². The second-order valence-electron chi connectivity index (χ2n) is 14.9. The van der Waals surface area contributed by atoms with Gasteiger partial charge >= 0.3 is 17.8 Å². The molecule has 0 fully saturated rings. The van der Waals surface area contributed by atoms with E-state index in [0.29, 0.717) is 21.9 Å². The van der Waals surface area contributed by atoms with E-state index in [-0.39, 0.29) is 21.4 Å². The van der Waals surface area contributed by atoms with E-state index in [2.05, 4.69) is 11.8 Å². The number of allylic oxidation sites excluding steroid dienone is 2. The molecule has 7 rings (SSSR count). The maximum atomic E-state index is 15.7. The summed E-state index contributed by atoms with van der Waals surface area (Å²) in [6, 6.07) is 12.0. The van der Waals surface area contributed by atoms with Gasteiger partial charge in [-0.1, -0.05) is 59.0 Å². The molecule has 2 aromatic heterocycles. The van der Waals surface area contributed by atoms with Crippen LogP contribution in [0.1, 0.15) is 81.4 Å². The van der Waals surface area contributed by atoms with Crippen LogP contribution >= 0.6 is 23.5 Å². The van der Waals surface area contributed by atoms with Crippen LogP contribution in [-0.2, 0) is 9.59 Å². The van der Waals surface area contributed by atoms with Gasteiger partial charge in [0.2, 0.25) is 0 Å². The lowest BCUT2D eigenvalue weighted by atomic mass is 9.95. The molecular weight excluding hydrogens is 1010 g/mol. The first-order valence-electron chi connectivity index (χ1n) is 19.7. The molecular formula is C51H22F14O4S2. The zero-order valence-electron chi connectivity index (χ0n) is 36.0. The maximum Gasteiger partial charge on any atom is 0.380 e. The number of rotatable bonds is 4. The lowest BCUT2D eigenvalue weighted by Crippen LogP contribution is -2.48. The summed E-state index contributed by atoms with van der Waals surface area (Å²) in [4.78, 5) is 23.6. The van der Waals surface area contributed by atoms with Gasteiger partial charge in [-0.05, 0) is 74.2 Å². The fraction of sp³-hybridized carbons (Fsp3) is 0.137. The third-order valence-electron chi connectivity index (χ3n) is 10.1. The van der Waals surface area contributed by atoms with Gasteiger partial charge < -0.3 is 8.83 Å². The molecule has 71 heavy (non-hydrogen) atoms. The maximum absolute atomic E-state index is 15.7. The highest BCUT2D eigenvalue weighted by atomic mass is 32.2. The topological polar surface area (TPSA) is 60.4 Å². The molecule has 20 heteroatoms. The standard InChI is InChI=1S/C51H22F14O4S2/c1-23-37(21-29(68-23)11-19-35-45(56)41(52)33(42(53)46(35)57)17-9-27-5-13-31(14-6-27)70-25(3)66)39-40(50(62,63)51(64,65)49(39,60)61)38-22-30(69-24(38)2)12-20-36-47(58)43(54)34(44(55)48(36)59)18-10-28-7-15-32(16-8-28)71-26(4)67/h5-8,13-16,21-22H,1-4H3. The van der Waals surface area contributed by atoms with Crippen molar-refractivity contribution in [2.24, 2.45) is 0 Å². The Morgan fingerprint density at radius 3 is 0.972 bits per heavy atom. The molecule has 0 radical (unpaired) electrons. The van der Waals surface area contributed by atoms with Crippen LogP contribution in [0.4, 0.5) is 61.5 Å². The molecule has 6 aromatic rings. The van der Waals surface area contributed by atoms with Gasteiger partial charge in [-0.15, -0.1) is 0 Å². The second kappa shape index (κ2) is 19.3. The number of benzene rings is 4. The van der Waals surface area contributed by atoms with Gasteiger partial charge in [0, 0.05) is 69.2 Å². The summed E-state index contributed by atoms with van der Waals surface area (Å²) >= 11 is 1.75. The van der Waals surface area contributed by atoms with Gasteiger partial charge in [0.05, 0.1) is 0 Å². The minimum Gasteiger partial charge on any atom is -0.452 e. The van der Waals surface area contributed by atoms with Crippen LogP contribution in [0, 0.1) is 108 Å². The van der Waals surface area contributed by atoms with Crippen molar-refractivity contribution in [3.63, 3.8) is 0 Å². The Balaban J connectivity index is 1.23. The monoisotopic (exact) mass is 1030 g/mol. The first kappa shape index (κ1) is 51.3. The van der Waals surface area contributed by atoms with Crippen LogP contribution < -0.4 is 0 Å². The fourth-order valence-corrected chi connectivity index (χ4v) is 7.99. The van der Waals surface area contributed by atoms with Crippen molar-refractivity contribution in [2.75, 3.05) is 0 Å². The van der Waals surface area contributed by atoms with E-state index in [0.717, 1.165) is 37.4 Å². The summed E-state index contributed by atoms with van der Waals surface area (Å²) in [5, 5.41) is -0.473. The Bertz CT molecular complexity index is 3250. The SMILES string of the molecule is CC(=O)Sc1ccc(C#Cc2c(F)c(F)c(C#Cc3cc(C4=C(c5cc(C#Cc6c(F)c(F)c(C#Cc7ccc(SC(C)=O)cc7)c(F)c6F)oc5C)C(F)(F)C(F)(F)C4(F)F)c(C)o3)c(F)c2F)cc1. The van der Waals surface area contributed by atoms with E-state index in [1.807, 2.05) is 23.7 Å². The number of halogens is 14. The van der Waals surface area contributed by atoms with E-state index in [4.69, 9.17) is 8.83 Å². The summed E-state index contributed by atoms with van der Waals surface area (Å²) in [5.74, 6) is -21.7. The summed E-state index contributed by atoms with van der Waals surface area (Å²) in [6.07, 6.45) is 0. The minimum absolute atomic E-state index is 0.126. The molecule has 0 amide bonds. The minimum atomic E-state index is -6.19. The van der Waals surface area contributed by atoms with Crippen molar-refractivity contribution in [2.45, 2.75) is 55.3 Å². The highest BCUT2D eigenvalue weighted by molar-refractivity contribution is 8.13. The largest absolute Gasteiger partial charge is 0.452 e. The summed E-state index contributed by atoms with van der Waals surface area (Å²) in [6.45, 7) is 4.27. The summed E-state index contributed by atoms with van der Waals surface area (Å²) in [7, 11) is 0. The van der Waals surface area contributed by atoms with Gasteiger partial charge in [0.15, 0.2) is 68.3 Å². The number of alkyl halides is 6. The van der Waals surface area contributed by atoms with Crippen molar-refractivity contribution < 1.29 is 79.9 Å². The molecule has 0 atom stereocenters. The van der Waals surface area contributed by atoms with Crippen molar-refractivity contribution in [1.82, 2.24) is 0 Å². The first-order chi connectivity index (χ1) is 33.3. The van der Waals surface area contributed by atoms with Crippen molar-refractivity contribution in [3.8, 4) is 47.4 Å². The van der Waals surface area contributed by atoms with Gasteiger partial charge in [-0.25, -0.2) is 35.1 Å². The van der Waals surface area contributed by atoms with E-state index in [1.165, 1.54) is 62.4 Å². The van der Waals surface area contributed by atoms with Crippen LogP contribution in [0.15, 0.2) is 79.3 Å². The molecule has 1 aliphatic carbocycles. The predicted molar refractivity (Wildman–Crippen MR) is 231 cm³/mol. The molecule has 0 N–H and O–H groups in total. The number of aryl methyl sites for hydroxylation is 2. The van der Waals surface area contributed by atoms with E-state index in [9.17, 15) is 9.59 Å². The summed E-state index contributed by atoms with van der Waals surface area (Å²) < 4.78 is 224. The average Bonchev–Trinajstić information content (AvgIpc) is 3.89. The molecule has 0 saturated heterocycles. The van der Waals surface area contributed by atoms with Crippen molar-refractivity contribution in [3.05, 3.63) is 175 Å². The van der Waals surface area contributed by atoms with E-state index in [1.54, 1.807) is 11.8 Å². The highest BCUT2D eigenvalue weighted by Gasteiger charge is 2.80. The smallest absolute Gasteiger partial charge is 0.380 e. The Morgan fingerprint density at radius 2 is 0.704 bits per heavy atom. The van der Waals surface area contributed by atoms with E-state index >= 15 is 61.5 Å². The molecule has 0 bridgehead atoms. The molecule has 0 aliphatic heterocycles. The Labute approximate surface area is 400 Å². The number of carbonyl (C=O) groups is 2. The Kier molecular flexibility index (Phi) is 14.0. The van der Waals surface area contributed by atoms with Crippen LogP contribution in [0.25, 0.3) is 11.1 Å². The zero-order chi connectivity index (χ0) is 52.1. The molecule has 360 valence electrons. The number of furan rings is 2. The fourth-order valence-electron chi connectivity index (χ4n) is 6.78. The molecule has 4 nitrogen and oxygen atoms in total. The third-order valence-corrected chi connectivity index (χ3v) is 11.7. The zero-order valence-corrected chi connectivity index (χ0v) is 37.6. The van der Waals surface area contributed by atoms with Gasteiger partial charge in [0.25, 0.3) is 0 Å². The number of thioether (sulfide) groups is 2. The number of hydrogen-bond donors (Lipinski definition) is 0. The first-order valence-corrected chi connectivity index (χ1v) is 21.4. The average molecular weight is 1030 g/mol. The van der Waals surface area contributed by atoms with Crippen LogP contribution in [0.3, 0.4) is 0 Å². The number of carbonyl (C=O) groups excluding carboxylic acids is 2. The molecule has 0 unspecified atom stereocenters. The van der Waals surface area contributed by atoms with Crippen LogP contribution in [-0.4, -0.2) is 28.0 Å². The van der Waals surface area contributed by atoms with Crippen molar-refractivity contribution in [1.29, 1.82) is 0 Å². The van der Waals surface area contributed by atoms with E-state index < -0.39 is 132 Å². The number of hydrogen-bond acceptors (Lipinski definition) is 6. The van der Waals surface area contributed by atoms with Crippen molar-refractivity contribution >= 4 is 44.9 Å². The molecule has 1 aliphatic rings. The quantitative estimate of drug-likeness (QED) is 0.0759. The normalized spacial score (nSPS) is 14.1. The lowest BCUT2D eigenvalue weighted by molar-refractivity contribution is -0.254. The Morgan fingerprint density at radius 1 is 0.437 bits per heavy atom. The molecule has 4 aromatic carbocycles. The lowest BCUT2D eigenvalue weighted by Gasteiger charge is -2.25. The predicted octanol–water partition coefficient (Wildman–Crippen LogP) is 13.3. The summed E-state index contributed by atoms with van der Waals surface area (Å²) in [5.41, 5.74) is -12.1.